The van der Waals surface area contributed by atoms with Gasteiger partial charge in [-0.1, -0.05) is 0 Å². The average molecular weight is 359 g/mol. The second kappa shape index (κ2) is 7.59. The van der Waals surface area contributed by atoms with Crippen LogP contribution in [0.5, 0.6) is 0 Å². The zero-order valence-electron chi connectivity index (χ0n) is 15.1. The lowest BCUT2D eigenvalue weighted by atomic mass is 10.1. The van der Waals surface area contributed by atoms with E-state index in [1.165, 1.54) is 0 Å². The van der Waals surface area contributed by atoms with Gasteiger partial charge >= 0.3 is 0 Å². The summed E-state index contributed by atoms with van der Waals surface area (Å²) in [6.45, 7) is 6.73. The highest BCUT2D eigenvalue weighted by Gasteiger charge is 2.36. The van der Waals surface area contributed by atoms with Crippen LogP contribution in [0.4, 0.5) is 0 Å². The molecule has 0 radical (unpaired) electrons. The van der Waals surface area contributed by atoms with Crippen molar-refractivity contribution in [3.63, 3.8) is 0 Å². The zero-order chi connectivity index (χ0) is 17.9. The summed E-state index contributed by atoms with van der Waals surface area (Å²) in [6, 6.07) is 1.74. The van der Waals surface area contributed by atoms with Gasteiger partial charge in [-0.2, -0.15) is 5.10 Å². The van der Waals surface area contributed by atoms with Gasteiger partial charge in [-0.3, -0.25) is 9.69 Å². The summed E-state index contributed by atoms with van der Waals surface area (Å²) in [4.78, 5) is 19.4. The van der Waals surface area contributed by atoms with E-state index in [-0.39, 0.29) is 11.9 Å². The summed E-state index contributed by atoms with van der Waals surface area (Å²) in [7, 11) is 0. The number of hydrogen-bond acceptors (Lipinski definition) is 6. The summed E-state index contributed by atoms with van der Waals surface area (Å²) < 4.78 is 12.8. The summed E-state index contributed by atoms with van der Waals surface area (Å²) in [5, 5.41) is 7.37. The molecule has 4 rings (SSSR count). The molecule has 2 fully saturated rings. The molecule has 1 amide bonds. The molecule has 0 aromatic carbocycles. The first-order valence-corrected chi connectivity index (χ1v) is 9.30. The van der Waals surface area contributed by atoms with Crippen molar-refractivity contribution in [1.29, 1.82) is 0 Å². The minimum absolute atomic E-state index is 0.0949. The molecule has 2 aromatic heterocycles. The molecular formula is C18H25N5O3. The van der Waals surface area contributed by atoms with Gasteiger partial charge in [0.05, 0.1) is 31.4 Å². The summed E-state index contributed by atoms with van der Waals surface area (Å²) in [5.74, 6) is 1.95. The molecule has 1 saturated heterocycles. The van der Waals surface area contributed by atoms with Crippen LogP contribution < -0.4 is 5.32 Å². The standard InChI is InChI=1S/C18H25N5O3/c1-2-23-17(19-12-20-23)16(13-3-4-13)21-18(24)14-9-15(26-11-14)10-22-5-7-25-8-6-22/h9,11-13,16H,2-8,10H2,1H3,(H,21,24)/t16-/m0/s1. The molecule has 1 aliphatic carbocycles. The van der Waals surface area contributed by atoms with Crippen LogP contribution in [0, 0.1) is 5.92 Å². The Bertz CT molecular complexity index is 746. The molecule has 140 valence electrons. The average Bonchev–Trinajstić information content (AvgIpc) is 3.21. The van der Waals surface area contributed by atoms with Crippen LogP contribution in [0.25, 0.3) is 0 Å². The Balaban J connectivity index is 1.42. The zero-order valence-corrected chi connectivity index (χ0v) is 15.1. The number of furan rings is 1. The van der Waals surface area contributed by atoms with Crippen molar-refractivity contribution >= 4 is 5.91 Å². The highest BCUT2D eigenvalue weighted by molar-refractivity contribution is 5.94. The fourth-order valence-electron chi connectivity index (χ4n) is 3.37. The highest BCUT2D eigenvalue weighted by Crippen LogP contribution is 2.40. The van der Waals surface area contributed by atoms with Gasteiger partial charge in [0.25, 0.3) is 5.91 Å². The molecule has 1 aliphatic heterocycles. The van der Waals surface area contributed by atoms with Crippen molar-refractivity contribution in [1.82, 2.24) is 25.0 Å². The van der Waals surface area contributed by atoms with E-state index in [4.69, 9.17) is 9.15 Å². The van der Waals surface area contributed by atoms with Crippen LogP contribution in [-0.2, 0) is 17.8 Å². The molecule has 26 heavy (non-hydrogen) atoms. The van der Waals surface area contributed by atoms with Gasteiger partial charge in [-0.15, -0.1) is 0 Å². The number of nitrogens with zero attached hydrogens (tertiary/aromatic N) is 4. The lowest BCUT2D eigenvalue weighted by Crippen LogP contribution is -2.35. The largest absolute Gasteiger partial charge is 0.467 e. The second-order valence-electron chi connectivity index (χ2n) is 6.91. The monoisotopic (exact) mass is 359 g/mol. The summed E-state index contributed by atoms with van der Waals surface area (Å²) in [6.07, 6.45) is 5.31. The molecule has 8 nitrogen and oxygen atoms in total. The summed E-state index contributed by atoms with van der Waals surface area (Å²) >= 11 is 0. The smallest absolute Gasteiger partial charge is 0.255 e. The Morgan fingerprint density at radius 3 is 2.92 bits per heavy atom. The third kappa shape index (κ3) is 3.81. The van der Waals surface area contributed by atoms with Gasteiger partial charge in [0.15, 0.2) is 0 Å². The van der Waals surface area contributed by atoms with E-state index in [2.05, 4.69) is 20.3 Å². The van der Waals surface area contributed by atoms with Crippen LogP contribution in [-0.4, -0.2) is 51.9 Å². The Labute approximate surface area is 152 Å². The van der Waals surface area contributed by atoms with Crippen molar-refractivity contribution in [2.45, 2.75) is 38.9 Å². The number of carbonyl (C=O) groups excluding carboxylic acids is 1. The second-order valence-corrected chi connectivity index (χ2v) is 6.91. The van der Waals surface area contributed by atoms with Crippen molar-refractivity contribution < 1.29 is 13.9 Å². The van der Waals surface area contributed by atoms with Crippen LogP contribution in [0.1, 0.15) is 47.7 Å². The van der Waals surface area contributed by atoms with Crippen LogP contribution in [0.15, 0.2) is 23.1 Å². The Morgan fingerprint density at radius 2 is 2.19 bits per heavy atom. The fraction of sp³-hybridized carbons (Fsp3) is 0.611. The highest BCUT2D eigenvalue weighted by atomic mass is 16.5. The van der Waals surface area contributed by atoms with E-state index in [1.807, 2.05) is 17.7 Å². The molecule has 1 atom stereocenters. The SMILES string of the molecule is CCn1ncnc1[C@@H](NC(=O)c1coc(CN2CCOCC2)c1)C1CC1. The first kappa shape index (κ1) is 17.2. The lowest BCUT2D eigenvalue weighted by molar-refractivity contribution is 0.0313. The first-order chi connectivity index (χ1) is 12.7. The van der Waals surface area contributed by atoms with E-state index < -0.39 is 0 Å². The number of ether oxygens (including phenoxy) is 1. The van der Waals surface area contributed by atoms with E-state index >= 15 is 0 Å². The lowest BCUT2D eigenvalue weighted by Gasteiger charge is -2.25. The number of morpholine rings is 1. The summed E-state index contributed by atoms with van der Waals surface area (Å²) in [5.41, 5.74) is 0.557. The van der Waals surface area contributed by atoms with Gasteiger partial charge in [0.1, 0.15) is 24.2 Å². The number of aryl methyl sites for hydroxylation is 1. The molecular weight excluding hydrogens is 334 g/mol. The van der Waals surface area contributed by atoms with Gasteiger partial charge in [-0.05, 0) is 31.7 Å². The Kier molecular flexibility index (Phi) is 5.03. The number of nitrogens with one attached hydrogen (secondary N) is 1. The molecule has 2 aromatic rings. The third-order valence-corrected chi connectivity index (χ3v) is 5.00. The maximum atomic E-state index is 12.7. The van der Waals surface area contributed by atoms with Crippen molar-refractivity contribution in [2.75, 3.05) is 26.3 Å². The van der Waals surface area contributed by atoms with Crippen LogP contribution in [0.2, 0.25) is 0 Å². The molecule has 0 unspecified atom stereocenters. The molecule has 0 spiro atoms. The van der Waals surface area contributed by atoms with Crippen molar-refractivity contribution in [2.24, 2.45) is 5.92 Å². The van der Waals surface area contributed by atoms with E-state index in [0.29, 0.717) is 18.0 Å². The number of carbonyl (C=O) groups is 1. The van der Waals surface area contributed by atoms with Gasteiger partial charge in [-0.25, -0.2) is 9.67 Å². The predicted octanol–water partition coefficient (Wildman–Crippen LogP) is 1.60. The first-order valence-electron chi connectivity index (χ1n) is 9.30. The van der Waals surface area contributed by atoms with Crippen molar-refractivity contribution in [3.05, 3.63) is 35.8 Å². The molecule has 1 N–H and O–H groups in total. The molecule has 0 bridgehead atoms. The van der Waals surface area contributed by atoms with Crippen LogP contribution in [0.3, 0.4) is 0 Å². The van der Waals surface area contributed by atoms with E-state index in [0.717, 1.165) is 57.3 Å². The number of amides is 1. The topological polar surface area (TPSA) is 85.4 Å². The van der Waals surface area contributed by atoms with E-state index in [9.17, 15) is 4.79 Å². The normalized spacial score (nSPS) is 19.4. The Morgan fingerprint density at radius 1 is 1.38 bits per heavy atom. The van der Waals surface area contributed by atoms with Crippen LogP contribution >= 0.6 is 0 Å². The van der Waals surface area contributed by atoms with E-state index in [1.54, 1.807) is 12.6 Å². The number of hydrogen-bond donors (Lipinski definition) is 1. The maximum absolute atomic E-state index is 12.7. The fourth-order valence-corrected chi connectivity index (χ4v) is 3.37. The number of rotatable bonds is 7. The van der Waals surface area contributed by atoms with Gasteiger partial charge < -0.3 is 14.5 Å². The molecule has 3 heterocycles. The minimum Gasteiger partial charge on any atom is -0.467 e. The maximum Gasteiger partial charge on any atom is 0.255 e. The molecule has 1 saturated carbocycles. The predicted molar refractivity (Wildman–Crippen MR) is 93.4 cm³/mol. The molecule has 8 heteroatoms. The van der Waals surface area contributed by atoms with Gasteiger partial charge in [0, 0.05) is 19.6 Å². The third-order valence-electron chi connectivity index (χ3n) is 5.00. The molecule has 2 aliphatic rings. The minimum atomic E-state index is -0.121. The quantitative estimate of drug-likeness (QED) is 0.808. The Hall–Kier alpha value is -2.19. The van der Waals surface area contributed by atoms with Gasteiger partial charge in [0.2, 0.25) is 0 Å². The van der Waals surface area contributed by atoms with Crippen molar-refractivity contribution in [3.8, 4) is 0 Å². The number of aromatic nitrogens is 3.